The van der Waals surface area contributed by atoms with Gasteiger partial charge in [0.15, 0.2) is 5.69 Å². The lowest BCUT2D eigenvalue weighted by molar-refractivity contribution is 0.102. The highest BCUT2D eigenvalue weighted by molar-refractivity contribution is 6.33. The molecule has 0 amide bonds. The summed E-state index contributed by atoms with van der Waals surface area (Å²) < 4.78 is 14.8. The third-order valence-corrected chi connectivity index (χ3v) is 2.49. The van der Waals surface area contributed by atoms with Gasteiger partial charge in [-0.15, -0.1) is 0 Å². The lowest BCUT2D eigenvalue weighted by Gasteiger charge is -2.06. The molecule has 2 aromatic heterocycles. The van der Waals surface area contributed by atoms with E-state index >= 15 is 0 Å². The SMILES string of the molecule is COc1cnc(C(=O)c2ccoc2Cl)c(OC)n1. The van der Waals surface area contributed by atoms with Crippen LogP contribution in [0.4, 0.5) is 0 Å². The molecule has 0 spiro atoms. The van der Waals surface area contributed by atoms with E-state index in [9.17, 15) is 4.79 Å². The third-order valence-electron chi connectivity index (χ3n) is 2.20. The number of ether oxygens (including phenoxy) is 2. The zero-order valence-electron chi connectivity index (χ0n) is 9.64. The Hall–Kier alpha value is -2.08. The predicted octanol–water partition coefficient (Wildman–Crippen LogP) is 1.97. The Bertz CT molecular complexity index is 582. The molecule has 0 aromatic carbocycles. The zero-order valence-corrected chi connectivity index (χ0v) is 10.4. The van der Waals surface area contributed by atoms with Gasteiger partial charge in [0.2, 0.25) is 22.8 Å². The van der Waals surface area contributed by atoms with Crippen molar-refractivity contribution in [3.8, 4) is 11.8 Å². The fourth-order valence-electron chi connectivity index (χ4n) is 1.34. The number of hydrogen-bond acceptors (Lipinski definition) is 6. The summed E-state index contributed by atoms with van der Waals surface area (Å²) in [5, 5.41) is -0.000305. The van der Waals surface area contributed by atoms with E-state index in [1.165, 1.54) is 32.7 Å². The highest BCUT2D eigenvalue weighted by Gasteiger charge is 2.22. The highest BCUT2D eigenvalue weighted by atomic mass is 35.5. The minimum atomic E-state index is -0.430. The second-order valence-electron chi connectivity index (χ2n) is 3.21. The maximum atomic E-state index is 12.1. The van der Waals surface area contributed by atoms with Gasteiger partial charge in [0.1, 0.15) is 0 Å². The van der Waals surface area contributed by atoms with Crippen LogP contribution >= 0.6 is 11.6 Å². The van der Waals surface area contributed by atoms with E-state index in [0.29, 0.717) is 0 Å². The summed E-state index contributed by atoms with van der Waals surface area (Å²) in [5.74, 6) is -0.112. The molecule has 0 aliphatic rings. The first kappa shape index (κ1) is 12.4. The van der Waals surface area contributed by atoms with Crippen LogP contribution in [0.1, 0.15) is 16.1 Å². The van der Waals surface area contributed by atoms with E-state index in [0.717, 1.165) is 0 Å². The van der Waals surface area contributed by atoms with Gasteiger partial charge in [-0.05, 0) is 17.7 Å². The van der Waals surface area contributed by atoms with Gasteiger partial charge in [-0.1, -0.05) is 0 Å². The molecule has 7 heteroatoms. The van der Waals surface area contributed by atoms with Crippen molar-refractivity contribution in [3.05, 3.63) is 35.0 Å². The Morgan fingerprint density at radius 3 is 2.72 bits per heavy atom. The molecule has 0 bridgehead atoms. The summed E-state index contributed by atoms with van der Waals surface area (Å²) in [7, 11) is 2.83. The van der Waals surface area contributed by atoms with Gasteiger partial charge in [0, 0.05) is 0 Å². The third kappa shape index (κ3) is 2.14. The molecule has 0 fully saturated rings. The second kappa shape index (κ2) is 5.05. The van der Waals surface area contributed by atoms with E-state index in [-0.39, 0.29) is 28.2 Å². The molecule has 6 nitrogen and oxygen atoms in total. The van der Waals surface area contributed by atoms with Crippen molar-refractivity contribution in [3.63, 3.8) is 0 Å². The first-order valence-corrected chi connectivity index (χ1v) is 5.28. The zero-order chi connectivity index (χ0) is 13.1. The Morgan fingerprint density at radius 2 is 2.17 bits per heavy atom. The number of halogens is 1. The number of aromatic nitrogens is 2. The van der Waals surface area contributed by atoms with Crippen molar-refractivity contribution in [2.24, 2.45) is 0 Å². The van der Waals surface area contributed by atoms with Gasteiger partial charge in [-0.2, -0.15) is 4.98 Å². The molecular formula is C11H9ClN2O4. The van der Waals surface area contributed by atoms with E-state index < -0.39 is 5.78 Å². The molecule has 2 rings (SSSR count). The molecular weight excluding hydrogens is 260 g/mol. The minimum Gasteiger partial charge on any atom is -0.480 e. The molecule has 0 aliphatic carbocycles. The number of nitrogens with zero attached hydrogens (tertiary/aromatic N) is 2. The number of carbonyl (C=O) groups excluding carboxylic acids is 1. The topological polar surface area (TPSA) is 74.5 Å². The highest BCUT2D eigenvalue weighted by Crippen LogP contribution is 2.24. The first-order chi connectivity index (χ1) is 8.67. The van der Waals surface area contributed by atoms with Gasteiger partial charge < -0.3 is 13.9 Å². The predicted molar refractivity (Wildman–Crippen MR) is 62.3 cm³/mol. The van der Waals surface area contributed by atoms with Gasteiger partial charge >= 0.3 is 0 Å². The van der Waals surface area contributed by atoms with Crippen molar-refractivity contribution in [1.29, 1.82) is 0 Å². The van der Waals surface area contributed by atoms with Crippen molar-refractivity contribution in [1.82, 2.24) is 9.97 Å². The van der Waals surface area contributed by atoms with Crippen LogP contribution in [0.15, 0.2) is 22.9 Å². The average molecular weight is 269 g/mol. The Kier molecular flexibility index (Phi) is 3.47. The quantitative estimate of drug-likeness (QED) is 0.789. The van der Waals surface area contributed by atoms with Crippen molar-refractivity contribution < 1.29 is 18.7 Å². The van der Waals surface area contributed by atoms with Crippen LogP contribution in [-0.2, 0) is 0 Å². The van der Waals surface area contributed by atoms with E-state index in [2.05, 4.69) is 9.97 Å². The summed E-state index contributed by atoms with van der Waals surface area (Å²) in [6.07, 6.45) is 2.64. The van der Waals surface area contributed by atoms with Crippen molar-refractivity contribution in [2.75, 3.05) is 14.2 Å². The maximum Gasteiger partial charge on any atom is 0.247 e. The number of rotatable bonds is 4. The first-order valence-electron chi connectivity index (χ1n) is 4.90. The molecule has 2 heterocycles. The Morgan fingerprint density at radius 1 is 1.39 bits per heavy atom. The van der Waals surface area contributed by atoms with E-state index in [4.69, 9.17) is 25.5 Å². The summed E-state index contributed by atoms with van der Waals surface area (Å²) in [4.78, 5) is 20.1. The van der Waals surface area contributed by atoms with Gasteiger partial charge in [0.25, 0.3) is 0 Å². The minimum absolute atomic E-state index is 0.000305. The fraction of sp³-hybridized carbons (Fsp3) is 0.182. The van der Waals surface area contributed by atoms with Crippen LogP contribution in [0.25, 0.3) is 0 Å². The van der Waals surface area contributed by atoms with Crippen LogP contribution < -0.4 is 9.47 Å². The molecule has 0 atom stereocenters. The molecule has 0 saturated heterocycles. The standard InChI is InChI=1S/C11H9ClN2O4/c1-16-7-5-13-8(11(14-7)17-2)9(15)6-3-4-18-10(6)12/h3-5H,1-2H3. The number of methoxy groups -OCH3 is 2. The number of hydrogen-bond donors (Lipinski definition) is 0. The number of ketones is 1. The van der Waals surface area contributed by atoms with Crippen LogP contribution in [0, 0.1) is 0 Å². The van der Waals surface area contributed by atoms with Gasteiger partial charge in [-0.3, -0.25) is 4.79 Å². The normalized spacial score (nSPS) is 10.2. The lowest BCUT2D eigenvalue weighted by atomic mass is 10.1. The average Bonchev–Trinajstić information content (AvgIpc) is 2.83. The molecule has 0 saturated carbocycles. The summed E-state index contributed by atoms with van der Waals surface area (Å²) in [5.41, 5.74) is 0.246. The molecule has 94 valence electrons. The monoisotopic (exact) mass is 268 g/mol. The van der Waals surface area contributed by atoms with Crippen LogP contribution in [0.3, 0.4) is 0 Å². The summed E-state index contributed by atoms with van der Waals surface area (Å²) in [6, 6.07) is 1.45. The van der Waals surface area contributed by atoms with Gasteiger partial charge in [0.05, 0.1) is 32.2 Å². The summed E-state index contributed by atoms with van der Waals surface area (Å²) >= 11 is 5.74. The number of carbonyl (C=O) groups is 1. The van der Waals surface area contributed by atoms with Crippen molar-refractivity contribution in [2.45, 2.75) is 0 Å². The molecule has 0 radical (unpaired) electrons. The Balaban J connectivity index is 2.45. The maximum absolute atomic E-state index is 12.1. The molecule has 0 aliphatic heterocycles. The van der Waals surface area contributed by atoms with Gasteiger partial charge in [-0.25, -0.2) is 4.98 Å². The second-order valence-corrected chi connectivity index (χ2v) is 3.55. The number of furan rings is 1. The molecule has 0 unspecified atom stereocenters. The lowest BCUT2D eigenvalue weighted by Crippen LogP contribution is -2.08. The largest absolute Gasteiger partial charge is 0.480 e. The van der Waals surface area contributed by atoms with E-state index in [1.54, 1.807) is 0 Å². The van der Waals surface area contributed by atoms with Crippen molar-refractivity contribution >= 4 is 17.4 Å². The van der Waals surface area contributed by atoms with E-state index in [1.807, 2.05) is 0 Å². The van der Waals surface area contributed by atoms with Crippen LogP contribution in [0.2, 0.25) is 5.22 Å². The summed E-state index contributed by atoms with van der Waals surface area (Å²) in [6.45, 7) is 0. The Labute approximate surface area is 108 Å². The van der Waals surface area contributed by atoms with Crippen LogP contribution in [0.5, 0.6) is 11.8 Å². The molecule has 2 aromatic rings. The molecule has 18 heavy (non-hydrogen) atoms. The van der Waals surface area contributed by atoms with Crippen LogP contribution in [-0.4, -0.2) is 30.0 Å². The smallest absolute Gasteiger partial charge is 0.247 e. The molecule has 0 N–H and O–H groups in total. The fourth-order valence-corrected chi connectivity index (χ4v) is 1.54.